The molecule has 1 saturated carbocycles. The molecule has 3 heteroatoms. The summed E-state index contributed by atoms with van der Waals surface area (Å²) in [6, 6.07) is 11.0. The molecule has 126 valence electrons. The highest BCUT2D eigenvalue weighted by atomic mass is 28.3. The molecule has 1 aliphatic heterocycles. The number of ether oxygens (including phenoxy) is 2. The van der Waals surface area contributed by atoms with Gasteiger partial charge in [0.2, 0.25) is 0 Å². The lowest BCUT2D eigenvalue weighted by Gasteiger charge is -2.41. The van der Waals surface area contributed by atoms with Crippen molar-refractivity contribution in [3.8, 4) is 0 Å². The van der Waals surface area contributed by atoms with Gasteiger partial charge >= 0.3 is 0 Å². The average Bonchev–Trinajstić information content (AvgIpc) is 2.80. The fraction of sp³-hybridized carbons (Fsp3) is 0.600. The normalized spacial score (nSPS) is 28.4. The number of benzene rings is 1. The highest BCUT2D eigenvalue weighted by Crippen LogP contribution is 2.48. The smallest absolute Gasteiger partial charge is 0.162 e. The molecular formula is C20H30O2Si. The second-order valence-corrected chi connectivity index (χ2v) is 12.9. The molecule has 0 amide bonds. The summed E-state index contributed by atoms with van der Waals surface area (Å²) < 4.78 is 12.0. The minimum atomic E-state index is -1.54. The Morgan fingerprint density at radius 1 is 1.09 bits per heavy atom. The van der Waals surface area contributed by atoms with E-state index >= 15 is 0 Å². The van der Waals surface area contributed by atoms with Gasteiger partial charge < -0.3 is 9.47 Å². The fourth-order valence-corrected chi connectivity index (χ4v) is 6.56. The van der Waals surface area contributed by atoms with Gasteiger partial charge in [0.1, 0.15) is 8.07 Å². The zero-order valence-corrected chi connectivity index (χ0v) is 16.2. The molecule has 2 aliphatic rings. The summed E-state index contributed by atoms with van der Waals surface area (Å²) in [5, 5.41) is 1.51. The van der Waals surface area contributed by atoms with Gasteiger partial charge in [0.25, 0.3) is 0 Å². The first kappa shape index (κ1) is 16.9. The molecule has 1 atom stereocenters. The number of hydrogen-bond donors (Lipinski definition) is 0. The Kier molecular flexibility index (Phi) is 4.32. The molecular weight excluding hydrogens is 300 g/mol. The molecule has 1 aromatic rings. The van der Waals surface area contributed by atoms with Crippen molar-refractivity contribution >= 4 is 13.3 Å². The van der Waals surface area contributed by atoms with Gasteiger partial charge in [-0.25, -0.2) is 0 Å². The van der Waals surface area contributed by atoms with Crippen LogP contribution in [0.25, 0.3) is 0 Å². The SMILES string of the molecule is CC1CC2(COC(C)(C)OC2)C/C1=C/[Si](C)(C)c1ccccc1. The maximum absolute atomic E-state index is 5.98. The van der Waals surface area contributed by atoms with Gasteiger partial charge in [-0.15, -0.1) is 0 Å². The lowest BCUT2D eigenvalue weighted by molar-refractivity contribution is -0.284. The van der Waals surface area contributed by atoms with Crippen molar-refractivity contribution in [2.75, 3.05) is 13.2 Å². The van der Waals surface area contributed by atoms with Crippen LogP contribution in [0, 0.1) is 11.3 Å². The third-order valence-corrected chi connectivity index (χ3v) is 8.38. The van der Waals surface area contributed by atoms with E-state index in [1.54, 1.807) is 5.57 Å². The molecule has 0 aromatic heterocycles. The molecule has 0 radical (unpaired) electrons. The van der Waals surface area contributed by atoms with Crippen LogP contribution >= 0.6 is 0 Å². The molecule has 0 bridgehead atoms. The van der Waals surface area contributed by atoms with E-state index in [4.69, 9.17) is 9.47 Å². The van der Waals surface area contributed by atoms with Crippen LogP contribution in [-0.4, -0.2) is 27.1 Å². The van der Waals surface area contributed by atoms with Crippen LogP contribution < -0.4 is 5.19 Å². The van der Waals surface area contributed by atoms with Crippen LogP contribution in [0.4, 0.5) is 0 Å². The number of rotatable bonds is 2. The van der Waals surface area contributed by atoms with Gasteiger partial charge in [-0.05, 0) is 32.6 Å². The molecule has 1 aliphatic carbocycles. The molecule has 1 spiro atoms. The van der Waals surface area contributed by atoms with Crippen molar-refractivity contribution in [3.05, 3.63) is 41.6 Å². The second-order valence-electron chi connectivity index (χ2n) is 8.57. The van der Waals surface area contributed by atoms with Crippen molar-refractivity contribution < 1.29 is 9.47 Å². The molecule has 1 saturated heterocycles. The standard InChI is InChI=1S/C20H30O2Si/c1-16-11-20(14-21-19(2,3)22-15-20)12-17(16)13-23(4,5)18-9-7-6-8-10-18/h6-10,13,16H,11-12,14-15H2,1-5H3/b17-13-. The Morgan fingerprint density at radius 3 is 2.30 bits per heavy atom. The number of hydrogen-bond acceptors (Lipinski definition) is 2. The van der Waals surface area contributed by atoms with Gasteiger partial charge in [0, 0.05) is 5.41 Å². The summed E-state index contributed by atoms with van der Waals surface area (Å²) in [6.07, 6.45) is 2.32. The molecule has 1 heterocycles. The number of allylic oxidation sites excluding steroid dienone is 1. The second kappa shape index (κ2) is 5.87. The molecule has 23 heavy (non-hydrogen) atoms. The minimum Gasteiger partial charge on any atom is -0.350 e. The Labute approximate surface area is 141 Å². The zero-order chi connectivity index (χ0) is 16.7. The Hall–Kier alpha value is -0.903. The van der Waals surface area contributed by atoms with Gasteiger partial charge in [-0.1, -0.05) is 66.8 Å². The summed E-state index contributed by atoms with van der Waals surface area (Å²) in [5.41, 5.74) is 4.45. The summed E-state index contributed by atoms with van der Waals surface area (Å²) >= 11 is 0. The topological polar surface area (TPSA) is 18.5 Å². The molecule has 2 nitrogen and oxygen atoms in total. The Bertz CT molecular complexity index is 579. The summed E-state index contributed by atoms with van der Waals surface area (Å²) in [6.45, 7) is 13.0. The molecule has 3 rings (SSSR count). The molecule has 1 unspecified atom stereocenters. The molecule has 0 N–H and O–H groups in total. The zero-order valence-electron chi connectivity index (χ0n) is 15.2. The van der Waals surface area contributed by atoms with E-state index in [0.29, 0.717) is 5.92 Å². The van der Waals surface area contributed by atoms with Crippen LogP contribution in [0.1, 0.15) is 33.6 Å². The van der Waals surface area contributed by atoms with E-state index in [0.717, 1.165) is 19.6 Å². The summed E-state index contributed by atoms with van der Waals surface area (Å²) in [7, 11) is -1.54. The predicted octanol–water partition coefficient (Wildman–Crippen LogP) is 4.27. The van der Waals surface area contributed by atoms with Gasteiger partial charge in [-0.2, -0.15) is 0 Å². The third-order valence-electron chi connectivity index (χ3n) is 5.47. The quantitative estimate of drug-likeness (QED) is 0.754. The summed E-state index contributed by atoms with van der Waals surface area (Å²) in [4.78, 5) is 0. The van der Waals surface area contributed by atoms with Crippen LogP contribution in [0.2, 0.25) is 13.1 Å². The Balaban J connectivity index is 1.79. The molecule has 1 aromatic carbocycles. The van der Waals surface area contributed by atoms with Gasteiger partial charge in [0.15, 0.2) is 5.79 Å². The maximum atomic E-state index is 5.98. The first-order chi connectivity index (χ1) is 10.7. The van der Waals surface area contributed by atoms with E-state index in [9.17, 15) is 0 Å². The van der Waals surface area contributed by atoms with E-state index in [1.165, 1.54) is 11.6 Å². The van der Waals surface area contributed by atoms with Crippen LogP contribution in [0.5, 0.6) is 0 Å². The molecule has 2 fully saturated rings. The average molecular weight is 331 g/mol. The van der Waals surface area contributed by atoms with E-state index in [1.807, 2.05) is 13.8 Å². The van der Waals surface area contributed by atoms with E-state index < -0.39 is 13.9 Å². The van der Waals surface area contributed by atoms with Crippen molar-refractivity contribution in [1.29, 1.82) is 0 Å². The largest absolute Gasteiger partial charge is 0.350 e. The van der Waals surface area contributed by atoms with Crippen LogP contribution in [-0.2, 0) is 9.47 Å². The van der Waals surface area contributed by atoms with Crippen molar-refractivity contribution in [1.82, 2.24) is 0 Å². The third kappa shape index (κ3) is 3.62. The fourth-order valence-electron chi connectivity index (χ4n) is 4.02. The highest BCUT2D eigenvalue weighted by Gasteiger charge is 2.46. The van der Waals surface area contributed by atoms with E-state index in [2.05, 4.69) is 56.0 Å². The minimum absolute atomic E-state index is 0.196. The first-order valence-electron chi connectivity index (χ1n) is 8.77. The van der Waals surface area contributed by atoms with Gasteiger partial charge in [0.05, 0.1) is 13.2 Å². The Morgan fingerprint density at radius 2 is 1.70 bits per heavy atom. The lowest BCUT2D eigenvalue weighted by atomic mass is 9.86. The predicted molar refractivity (Wildman–Crippen MR) is 98.5 cm³/mol. The first-order valence-corrected chi connectivity index (χ1v) is 11.8. The van der Waals surface area contributed by atoms with Crippen LogP contribution in [0.3, 0.4) is 0 Å². The van der Waals surface area contributed by atoms with Crippen molar-refractivity contribution in [3.63, 3.8) is 0 Å². The monoisotopic (exact) mass is 330 g/mol. The summed E-state index contributed by atoms with van der Waals surface area (Å²) in [5.74, 6) is 0.220. The van der Waals surface area contributed by atoms with E-state index in [-0.39, 0.29) is 5.41 Å². The van der Waals surface area contributed by atoms with Crippen molar-refractivity contribution in [2.24, 2.45) is 11.3 Å². The lowest BCUT2D eigenvalue weighted by Crippen LogP contribution is -2.45. The van der Waals surface area contributed by atoms with Crippen molar-refractivity contribution in [2.45, 2.75) is 52.5 Å². The maximum Gasteiger partial charge on any atom is 0.162 e. The van der Waals surface area contributed by atoms with Gasteiger partial charge in [-0.3, -0.25) is 0 Å². The van der Waals surface area contributed by atoms with Crippen LogP contribution in [0.15, 0.2) is 41.6 Å². The highest BCUT2D eigenvalue weighted by molar-refractivity contribution is 6.94.